The monoisotopic (exact) mass is 172 g/mol. The fourth-order valence-electron chi connectivity index (χ4n) is 2.12. The van der Waals surface area contributed by atoms with E-state index in [0.29, 0.717) is 11.3 Å². The highest BCUT2D eigenvalue weighted by atomic mass is 14.3. The molecule has 0 fully saturated rings. The molecule has 0 aromatic rings. The van der Waals surface area contributed by atoms with Crippen molar-refractivity contribution in [1.29, 1.82) is 0 Å². The molecule has 68 valence electrons. The summed E-state index contributed by atoms with van der Waals surface area (Å²) in [5.74, 6) is 0.646. The Balaban J connectivity index is 2.06. The molecule has 0 spiro atoms. The summed E-state index contributed by atoms with van der Waals surface area (Å²) in [5, 5.41) is 0. The quantitative estimate of drug-likeness (QED) is 0.609. The minimum absolute atomic E-state index is 0.337. The second-order valence-corrected chi connectivity index (χ2v) is 3.94. The molecule has 0 N–H and O–H groups in total. The number of hydrogen-bond donors (Lipinski definition) is 0. The Bertz CT molecular complexity index is 265. The van der Waals surface area contributed by atoms with Gasteiger partial charge in [0.25, 0.3) is 0 Å². The van der Waals surface area contributed by atoms with Crippen LogP contribution < -0.4 is 0 Å². The molecule has 2 rings (SSSR count). The molecular formula is C13H16. The molecule has 0 saturated heterocycles. The van der Waals surface area contributed by atoms with Gasteiger partial charge in [0.15, 0.2) is 0 Å². The van der Waals surface area contributed by atoms with Gasteiger partial charge in [0.2, 0.25) is 0 Å². The normalized spacial score (nSPS) is 23.5. The lowest BCUT2D eigenvalue weighted by Gasteiger charge is -2.25. The molecule has 0 aromatic heterocycles. The summed E-state index contributed by atoms with van der Waals surface area (Å²) in [6.45, 7) is 2.27. The third kappa shape index (κ3) is 1.67. The van der Waals surface area contributed by atoms with Crippen molar-refractivity contribution in [2.45, 2.75) is 19.8 Å². The van der Waals surface area contributed by atoms with Gasteiger partial charge in [-0.05, 0) is 18.8 Å². The molecule has 0 aromatic carbocycles. The molecule has 2 aliphatic carbocycles. The van der Waals surface area contributed by atoms with E-state index in [1.807, 2.05) is 0 Å². The van der Waals surface area contributed by atoms with Gasteiger partial charge in [-0.1, -0.05) is 55.5 Å². The highest BCUT2D eigenvalue weighted by Crippen LogP contribution is 2.38. The van der Waals surface area contributed by atoms with Crippen molar-refractivity contribution >= 4 is 0 Å². The lowest BCUT2D eigenvalue weighted by Crippen LogP contribution is -2.15. The first-order valence-electron chi connectivity index (χ1n) is 5.07. The largest absolute Gasteiger partial charge is 0.0776 e. The highest BCUT2D eigenvalue weighted by Gasteiger charge is 2.26. The summed E-state index contributed by atoms with van der Waals surface area (Å²) in [4.78, 5) is 0. The van der Waals surface area contributed by atoms with Gasteiger partial charge < -0.3 is 0 Å². The first kappa shape index (κ1) is 8.55. The van der Waals surface area contributed by atoms with Crippen molar-refractivity contribution in [1.82, 2.24) is 0 Å². The van der Waals surface area contributed by atoms with E-state index in [0.717, 1.165) is 0 Å². The lowest BCUT2D eigenvalue weighted by molar-refractivity contribution is 0.409. The molecule has 0 atom stereocenters. The first-order valence-corrected chi connectivity index (χ1v) is 5.07. The van der Waals surface area contributed by atoms with Crippen LogP contribution in [0.3, 0.4) is 0 Å². The summed E-state index contributed by atoms with van der Waals surface area (Å²) >= 11 is 0. The van der Waals surface area contributed by atoms with Crippen LogP contribution in [-0.2, 0) is 0 Å². The fourth-order valence-corrected chi connectivity index (χ4v) is 2.12. The Morgan fingerprint density at radius 1 is 1.00 bits per heavy atom. The standard InChI is InChI=1S/C13H16/c1-2-13(9-5-6-10-13)11-12-7-3-4-8-12/h3-10,12H,2,11H2,1H3. The summed E-state index contributed by atoms with van der Waals surface area (Å²) in [6, 6.07) is 0. The number of allylic oxidation sites excluding steroid dienone is 8. The third-order valence-electron chi connectivity index (χ3n) is 3.07. The van der Waals surface area contributed by atoms with Crippen LogP contribution in [0.15, 0.2) is 48.6 Å². The van der Waals surface area contributed by atoms with Crippen LogP contribution in [0.2, 0.25) is 0 Å². The van der Waals surface area contributed by atoms with E-state index in [1.165, 1.54) is 12.8 Å². The van der Waals surface area contributed by atoms with E-state index in [4.69, 9.17) is 0 Å². The van der Waals surface area contributed by atoms with E-state index < -0.39 is 0 Å². The second-order valence-electron chi connectivity index (χ2n) is 3.94. The molecule has 0 nitrogen and oxygen atoms in total. The minimum Gasteiger partial charge on any atom is -0.0776 e. The predicted octanol–water partition coefficient (Wildman–Crippen LogP) is 3.64. The van der Waals surface area contributed by atoms with Gasteiger partial charge >= 0.3 is 0 Å². The minimum atomic E-state index is 0.337. The molecule has 0 radical (unpaired) electrons. The Labute approximate surface area is 80.3 Å². The maximum Gasteiger partial charge on any atom is 0.00731 e. The molecule has 0 heteroatoms. The van der Waals surface area contributed by atoms with Crippen LogP contribution in [0.4, 0.5) is 0 Å². The SMILES string of the molecule is CCC1(CC2C=CC=C2)C=CC=C1. The maximum atomic E-state index is 2.34. The van der Waals surface area contributed by atoms with Crippen LogP contribution in [-0.4, -0.2) is 0 Å². The number of hydrogen-bond acceptors (Lipinski definition) is 0. The van der Waals surface area contributed by atoms with Crippen molar-refractivity contribution < 1.29 is 0 Å². The summed E-state index contributed by atoms with van der Waals surface area (Å²) in [7, 11) is 0. The molecule has 0 amide bonds. The zero-order valence-corrected chi connectivity index (χ0v) is 8.11. The summed E-state index contributed by atoms with van der Waals surface area (Å²) < 4.78 is 0. The van der Waals surface area contributed by atoms with Gasteiger partial charge in [-0.2, -0.15) is 0 Å². The van der Waals surface area contributed by atoms with Crippen molar-refractivity contribution in [2.24, 2.45) is 11.3 Å². The molecule has 13 heavy (non-hydrogen) atoms. The predicted molar refractivity (Wildman–Crippen MR) is 57.4 cm³/mol. The summed E-state index contributed by atoms with van der Waals surface area (Å²) in [5.41, 5.74) is 0.337. The average molecular weight is 172 g/mol. The van der Waals surface area contributed by atoms with Gasteiger partial charge in [0.05, 0.1) is 0 Å². The third-order valence-corrected chi connectivity index (χ3v) is 3.07. The van der Waals surface area contributed by atoms with Crippen molar-refractivity contribution in [2.75, 3.05) is 0 Å². The van der Waals surface area contributed by atoms with Crippen molar-refractivity contribution in [3.05, 3.63) is 48.6 Å². The summed E-state index contributed by atoms with van der Waals surface area (Å²) in [6.07, 6.45) is 20.3. The smallest absolute Gasteiger partial charge is 0.00731 e. The van der Waals surface area contributed by atoms with E-state index in [-0.39, 0.29) is 0 Å². The Morgan fingerprint density at radius 2 is 1.62 bits per heavy atom. The van der Waals surface area contributed by atoms with Crippen LogP contribution >= 0.6 is 0 Å². The van der Waals surface area contributed by atoms with Gasteiger partial charge in [-0.3, -0.25) is 0 Å². The van der Waals surface area contributed by atoms with E-state index in [2.05, 4.69) is 55.5 Å². The highest BCUT2D eigenvalue weighted by molar-refractivity contribution is 5.27. The van der Waals surface area contributed by atoms with Crippen molar-refractivity contribution in [3.8, 4) is 0 Å². The van der Waals surface area contributed by atoms with Crippen molar-refractivity contribution in [3.63, 3.8) is 0 Å². The zero-order valence-electron chi connectivity index (χ0n) is 8.11. The molecule has 0 aliphatic heterocycles. The first-order chi connectivity index (χ1) is 6.35. The van der Waals surface area contributed by atoms with Crippen LogP contribution in [0.25, 0.3) is 0 Å². The second kappa shape index (κ2) is 3.37. The van der Waals surface area contributed by atoms with Gasteiger partial charge in [0, 0.05) is 5.41 Å². The Kier molecular flexibility index (Phi) is 2.22. The zero-order chi connectivity index (χ0) is 9.15. The maximum absolute atomic E-state index is 2.34. The molecular weight excluding hydrogens is 156 g/mol. The molecule has 2 aliphatic rings. The Hall–Kier alpha value is -1.04. The van der Waals surface area contributed by atoms with Crippen LogP contribution in [0, 0.1) is 11.3 Å². The topological polar surface area (TPSA) is 0 Å². The fraction of sp³-hybridized carbons (Fsp3) is 0.385. The molecule has 0 bridgehead atoms. The van der Waals surface area contributed by atoms with Gasteiger partial charge in [0.1, 0.15) is 0 Å². The van der Waals surface area contributed by atoms with Gasteiger partial charge in [-0.15, -0.1) is 0 Å². The van der Waals surface area contributed by atoms with E-state index >= 15 is 0 Å². The van der Waals surface area contributed by atoms with Gasteiger partial charge in [-0.25, -0.2) is 0 Å². The van der Waals surface area contributed by atoms with Crippen LogP contribution in [0.1, 0.15) is 19.8 Å². The average Bonchev–Trinajstić information content (AvgIpc) is 2.77. The lowest BCUT2D eigenvalue weighted by atomic mass is 9.79. The Morgan fingerprint density at radius 3 is 2.15 bits per heavy atom. The van der Waals surface area contributed by atoms with Crippen LogP contribution in [0.5, 0.6) is 0 Å². The molecule has 0 unspecified atom stereocenters. The van der Waals surface area contributed by atoms with E-state index in [1.54, 1.807) is 0 Å². The molecule has 0 saturated carbocycles. The number of rotatable bonds is 3. The molecule has 0 heterocycles. The van der Waals surface area contributed by atoms with E-state index in [9.17, 15) is 0 Å².